The van der Waals surface area contributed by atoms with Gasteiger partial charge in [0.2, 0.25) is 10.0 Å². The van der Waals surface area contributed by atoms with Gasteiger partial charge in [-0.2, -0.15) is 0 Å². The van der Waals surface area contributed by atoms with Gasteiger partial charge in [0, 0.05) is 24.3 Å². The summed E-state index contributed by atoms with van der Waals surface area (Å²) in [5, 5.41) is 0. The average Bonchev–Trinajstić information content (AvgIpc) is 3.16. The maximum absolute atomic E-state index is 12.9. The summed E-state index contributed by atoms with van der Waals surface area (Å²) in [5.74, 6) is 1.32. The Morgan fingerprint density at radius 2 is 2.11 bits per heavy atom. The number of Topliss-reactive ketones (excluding diaryl/α,β-unsaturated/α-hetero) is 1. The molecule has 1 N–H and O–H groups in total. The third-order valence-corrected chi connectivity index (χ3v) is 8.89. The van der Waals surface area contributed by atoms with Crippen LogP contribution in [0.3, 0.4) is 0 Å². The van der Waals surface area contributed by atoms with Crippen molar-refractivity contribution in [1.29, 1.82) is 0 Å². The number of ether oxygens (including phenoxy) is 1. The maximum Gasteiger partial charge on any atom is 0.212 e. The second-order valence-electron chi connectivity index (χ2n) is 9.19. The Morgan fingerprint density at radius 3 is 2.78 bits per heavy atom. The van der Waals surface area contributed by atoms with Crippen LogP contribution in [0.15, 0.2) is 18.2 Å². The zero-order valence-electron chi connectivity index (χ0n) is 16.4. The summed E-state index contributed by atoms with van der Waals surface area (Å²) in [6.07, 6.45) is 3.73. The highest BCUT2D eigenvalue weighted by Gasteiger charge is 2.65. The normalized spacial score (nSPS) is 29.6. The van der Waals surface area contributed by atoms with Crippen LogP contribution in [0.2, 0.25) is 0 Å². The van der Waals surface area contributed by atoms with E-state index in [9.17, 15) is 13.2 Å². The van der Waals surface area contributed by atoms with Crippen molar-refractivity contribution >= 4 is 15.8 Å². The number of ketones is 1. The van der Waals surface area contributed by atoms with Gasteiger partial charge in [-0.05, 0) is 54.7 Å². The molecule has 1 aromatic rings. The molecule has 4 rings (SSSR count). The molecule has 3 atom stereocenters. The Morgan fingerprint density at radius 1 is 1.33 bits per heavy atom. The molecule has 1 aromatic carbocycles. The Hall–Kier alpha value is -1.40. The van der Waals surface area contributed by atoms with E-state index in [2.05, 4.69) is 24.6 Å². The first-order chi connectivity index (χ1) is 12.6. The number of hydrogen-bond donors (Lipinski definition) is 1. The molecule has 6 heteroatoms. The van der Waals surface area contributed by atoms with Crippen molar-refractivity contribution in [3.05, 3.63) is 29.3 Å². The van der Waals surface area contributed by atoms with Gasteiger partial charge in [-0.25, -0.2) is 13.1 Å². The number of hydrogen-bond acceptors (Lipinski definition) is 4. The van der Waals surface area contributed by atoms with Crippen molar-refractivity contribution in [1.82, 2.24) is 4.72 Å². The lowest BCUT2D eigenvalue weighted by molar-refractivity contribution is -0.128. The summed E-state index contributed by atoms with van der Waals surface area (Å²) in [7, 11) is -3.54. The van der Waals surface area contributed by atoms with Crippen LogP contribution in [-0.2, 0) is 27.7 Å². The van der Waals surface area contributed by atoms with Crippen molar-refractivity contribution in [3.8, 4) is 5.75 Å². The minimum Gasteiger partial charge on any atom is -0.493 e. The van der Waals surface area contributed by atoms with Crippen LogP contribution in [0.5, 0.6) is 5.75 Å². The predicted molar refractivity (Wildman–Crippen MR) is 104 cm³/mol. The molecule has 0 aromatic heterocycles. The lowest BCUT2D eigenvalue weighted by Crippen LogP contribution is -2.47. The van der Waals surface area contributed by atoms with Crippen LogP contribution >= 0.6 is 0 Å². The molecule has 1 heterocycles. The third kappa shape index (κ3) is 3.11. The largest absolute Gasteiger partial charge is 0.493 e. The molecule has 0 saturated heterocycles. The zero-order chi connectivity index (χ0) is 19.4. The van der Waals surface area contributed by atoms with E-state index in [0.29, 0.717) is 31.8 Å². The zero-order valence-corrected chi connectivity index (χ0v) is 17.2. The quantitative estimate of drug-likeness (QED) is 0.809. The minimum atomic E-state index is -3.54. The lowest BCUT2D eigenvalue weighted by atomic mass is 9.70. The highest BCUT2D eigenvalue weighted by atomic mass is 32.2. The molecule has 2 aliphatic carbocycles. The highest BCUT2D eigenvalue weighted by Crippen LogP contribution is 2.64. The Kier molecular flexibility index (Phi) is 4.43. The molecular weight excluding hydrogens is 362 g/mol. The van der Waals surface area contributed by atoms with Gasteiger partial charge in [-0.15, -0.1) is 0 Å². The van der Waals surface area contributed by atoms with Gasteiger partial charge >= 0.3 is 0 Å². The van der Waals surface area contributed by atoms with Gasteiger partial charge in [0.25, 0.3) is 0 Å². The van der Waals surface area contributed by atoms with Crippen LogP contribution in [0, 0.1) is 16.7 Å². The topological polar surface area (TPSA) is 72.5 Å². The molecule has 0 spiro atoms. The SMILES string of the molecule is CC(Cc1ccc2c(c1)CCO2)NS(=O)(=O)CC12CCC(CC1=O)C2(C)C. The second kappa shape index (κ2) is 6.31. The molecule has 0 amide bonds. The molecule has 2 fully saturated rings. The number of carbonyl (C=O) groups excluding carboxylic acids is 1. The summed E-state index contributed by atoms with van der Waals surface area (Å²) in [6, 6.07) is 5.86. The van der Waals surface area contributed by atoms with Gasteiger partial charge in [-0.1, -0.05) is 26.0 Å². The number of carbonyl (C=O) groups is 1. The number of rotatable bonds is 6. The van der Waals surface area contributed by atoms with Crippen LogP contribution in [0.4, 0.5) is 0 Å². The molecular formula is C21H29NO4S. The van der Waals surface area contributed by atoms with Crippen LogP contribution in [0.25, 0.3) is 0 Å². The molecule has 2 bridgehead atoms. The fraction of sp³-hybridized carbons (Fsp3) is 0.667. The van der Waals surface area contributed by atoms with Crippen LogP contribution in [0.1, 0.15) is 51.2 Å². The second-order valence-corrected chi connectivity index (χ2v) is 10.9. The van der Waals surface area contributed by atoms with Crippen molar-refractivity contribution in [3.63, 3.8) is 0 Å². The Bertz CT molecular complexity index is 876. The van der Waals surface area contributed by atoms with E-state index in [1.54, 1.807) is 0 Å². The molecule has 3 unspecified atom stereocenters. The van der Waals surface area contributed by atoms with Crippen molar-refractivity contribution in [2.24, 2.45) is 16.7 Å². The first-order valence-electron chi connectivity index (χ1n) is 9.91. The van der Waals surface area contributed by atoms with Crippen molar-refractivity contribution in [2.75, 3.05) is 12.4 Å². The average molecular weight is 392 g/mol. The van der Waals surface area contributed by atoms with Gasteiger partial charge in [-0.3, -0.25) is 4.79 Å². The number of benzene rings is 1. The minimum absolute atomic E-state index is 0.0787. The molecule has 1 aliphatic heterocycles. The lowest BCUT2D eigenvalue weighted by Gasteiger charge is -2.36. The van der Waals surface area contributed by atoms with Gasteiger partial charge in [0.05, 0.1) is 12.4 Å². The maximum atomic E-state index is 12.9. The number of nitrogens with one attached hydrogen (secondary N) is 1. The standard InChI is InChI=1S/C21H29NO4S/c1-14(10-15-4-5-18-16(11-15)7-9-26-18)22-27(24,25)13-21-8-6-17(12-19(21)23)20(21,2)3/h4-5,11,14,17,22H,6-10,12-13H2,1-3H3. The van der Waals surface area contributed by atoms with E-state index in [-0.39, 0.29) is 23.0 Å². The van der Waals surface area contributed by atoms with E-state index < -0.39 is 15.4 Å². The molecule has 5 nitrogen and oxygen atoms in total. The van der Waals surface area contributed by atoms with E-state index in [1.165, 1.54) is 5.56 Å². The number of fused-ring (bicyclic) bond motifs is 3. The summed E-state index contributed by atoms with van der Waals surface area (Å²) in [6.45, 7) is 6.74. The van der Waals surface area contributed by atoms with E-state index in [0.717, 1.165) is 24.2 Å². The monoisotopic (exact) mass is 391 g/mol. The van der Waals surface area contributed by atoms with Crippen LogP contribution in [-0.4, -0.2) is 32.6 Å². The Labute approximate surface area is 161 Å². The fourth-order valence-corrected chi connectivity index (χ4v) is 7.65. The Balaban J connectivity index is 1.45. The van der Waals surface area contributed by atoms with Crippen LogP contribution < -0.4 is 9.46 Å². The molecule has 27 heavy (non-hydrogen) atoms. The van der Waals surface area contributed by atoms with E-state index in [4.69, 9.17) is 4.74 Å². The van der Waals surface area contributed by atoms with Gasteiger partial charge < -0.3 is 4.74 Å². The summed E-state index contributed by atoms with van der Waals surface area (Å²) in [5.41, 5.74) is 1.35. The molecule has 148 valence electrons. The third-order valence-electron chi connectivity index (χ3n) is 7.25. The first-order valence-corrected chi connectivity index (χ1v) is 11.6. The predicted octanol–water partition coefficient (Wildman–Crippen LogP) is 2.87. The van der Waals surface area contributed by atoms with Crippen molar-refractivity contribution < 1.29 is 17.9 Å². The smallest absolute Gasteiger partial charge is 0.212 e. The molecule has 2 saturated carbocycles. The van der Waals surface area contributed by atoms with E-state index >= 15 is 0 Å². The highest BCUT2D eigenvalue weighted by molar-refractivity contribution is 7.89. The summed E-state index contributed by atoms with van der Waals surface area (Å²) in [4.78, 5) is 12.6. The van der Waals surface area contributed by atoms with Gasteiger partial charge in [0.15, 0.2) is 0 Å². The summed E-state index contributed by atoms with van der Waals surface area (Å²) >= 11 is 0. The number of sulfonamides is 1. The molecule has 3 aliphatic rings. The molecule has 0 radical (unpaired) electrons. The first kappa shape index (κ1) is 18.9. The van der Waals surface area contributed by atoms with Gasteiger partial charge in [0.1, 0.15) is 11.5 Å². The van der Waals surface area contributed by atoms with Crippen molar-refractivity contribution in [2.45, 2.75) is 58.9 Å². The fourth-order valence-electron chi connectivity index (χ4n) is 5.54. The summed E-state index contributed by atoms with van der Waals surface area (Å²) < 4.78 is 34.2. The van der Waals surface area contributed by atoms with E-state index in [1.807, 2.05) is 19.1 Å².